The molecule has 2 aromatic rings. The molecular formula is C28H32N2O7S2. The lowest BCUT2D eigenvalue weighted by Gasteiger charge is -2.24. The Labute approximate surface area is 233 Å². The van der Waals surface area contributed by atoms with Gasteiger partial charge in [-0.05, 0) is 78.9 Å². The number of thioether (sulfide) groups is 1. The molecule has 11 heteroatoms. The molecule has 1 aliphatic rings. The number of amides is 3. The molecule has 1 unspecified atom stereocenters. The van der Waals surface area contributed by atoms with Gasteiger partial charge in [-0.3, -0.25) is 20.2 Å². The Bertz CT molecular complexity index is 1420. The van der Waals surface area contributed by atoms with Crippen LogP contribution in [0.1, 0.15) is 51.2 Å². The van der Waals surface area contributed by atoms with E-state index in [0.717, 1.165) is 5.56 Å². The van der Waals surface area contributed by atoms with Crippen LogP contribution in [-0.2, 0) is 19.4 Å². The van der Waals surface area contributed by atoms with Gasteiger partial charge in [-0.15, -0.1) is 0 Å². The topological polar surface area (TPSA) is 128 Å². The Kier molecular flexibility index (Phi) is 9.35. The van der Waals surface area contributed by atoms with Crippen LogP contribution in [0.15, 0.2) is 47.4 Å². The molecule has 1 atom stereocenters. The lowest BCUT2D eigenvalue weighted by Crippen LogP contribution is -2.43. The highest BCUT2D eigenvalue weighted by molar-refractivity contribution is 8.25. The zero-order valence-corrected chi connectivity index (χ0v) is 24.2. The predicted molar refractivity (Wildman–Crippen MR) is 150 cm³/mol. The molecule has 1 aliphatic heterocycles. The number of sulfone groups is 1. The van der Waals surface area contributed by atoms with E-state index < -0.39 is 31.2 Å². The highest BCUT2D eigenvalue weighted by Crippen LogP contribution is 2.44. The van der Waals surface area contributed by atoms with Crippen LogP contribution >= 0.6 is 11.8 Å². The third-order valence-electron chi connectivity index (χ3n) is 5.77. The number of carbonyl (C=O) groups is 3. The second-order valence-electron chi connectivity index (χ2n) is 10.2. The first kappa shape index (κ1) is 30.1. The Hall–Kier alpha value is -3.49. The molecular weight excluding hydrogens is 540 g/mol. The minimum Gasteiger partial charge on any atom is -0.497 e. The molecule has 0 saturated carbocycles. The summed E-state index contributed by atoms with van der Waals surface area (Å²) < 4.78 is 35.4. The van der Waals surface area contributed by atoms with E-state index in [9.17, 15) is 22.8 Å². The van der Waals surface area contributed by atoms with Gasteiger partial charge in [-0.25, -0.2) is 13.2 Å². The van der Waals surface area contributed by atoms with E-state index in [-0.39, 0.29) is 36.2 Å². The highest BCUT2D eigenvalue weighted by Gasteiger charge is 2.57. The Morgan fingerprint density at radius 2 is 1.82 bits per heavy atom. The molecule has 0 aliphatic carbocycles. The van der Waals surface area contributed by atoms with Gasteiger partial charge >= 0.3 is 6.09 Å². The lowest BCUT2D eigenvalue weighted by atomic mass is 9.99. The third kappa shape index (κ3) is 7.34. The summed E-state index contributed by atoms with van der Waals surface area (Å²) in [4.78, 5) is 36.8. The molecule has 3 rings (SSSR count). The SMILES string of the molecule is COc1ccc(S(=O)(=O)C2(CCCC#Cc3cc(NC(=O)OCC(C)(C)C)ccc3C)SC(=O)NC2=O)cc1. The van der Waals surface area contributed by atoms with Crippen LogP contribution in [0.5, 0.6) is 5.75 Å². The van der Waals surface area contributed by atoms with Crippen molar-refractivity contribution in [2.24, 2.45) is 5.41 Å². The predicted octanol–water partition coefficient (Wildman–Crippen LogP) is 5.27. The number of rotatable bonds is 8. The summed E-state index contributed by atoms with van der Waals surface area (Å²) >= 11 is 0.484. The number of nitrogens with one attached hydrogen (secondary N) is 2. The van der Waals surface area contributed by atoms with E-state index in [0.29, 0.717) is 28.8 Å². The first-order chi connectivity index (χ1) is 18.3. The Balaban J connectivity index is 1.71. The van der Waals surface area contributed by atoms with Gasteiger partial charge in [0.05, 0.1) is 18.6 Å². The number of unbranched alkanes of at least 4 members (excludes halogenated alkanes) is 1. The van der Waals surface area contributed by atoms with Crippen molar-refractivity contribution in [2.45, 2.75) is 55.9 Å². The van der Waals surface area contributed by atoms with Gasteiger partial charge in [0.15, 0.2) is 0 Å². The first-order valence-corrected chi connectivity index (χ1v) is 14.5. The number of anilines is 1. The van der Waals surface area contributed by atoms with E-state index >= 15 is 0 Å². The van der Waals surface area contributed by atoms with Crippen molar-refractivity contribution < 1.29 is 32.3 Å². The fourth-order valence-electron chi connectivity index (χ4n) is 3.67. The largest absolute Gasteiger partial charge is 0.497 e. The van der Waals surface area contributed by atoms with Gasteiger partial charge in [-0.1, -0.05) is 38.7 Å². The lowest BCUT2D eigenvalue weighted by molar-refractivity contribution is -0.120. The van der Waals surface area contributed by atoms with Gasteiger partial charge in [0.1, 0.15) is 5.75 Å². The van der Waals surface area contributed by atoms with Gasteiger partial charge in [0.25, 0.3) is 11.1 Å². The third-order valence-corrected chi connectivity index (χ3v) is 9.84. The molecule has 2 N–H and O–H groups in total. The first-order valence-electron chi connectivity index (χ1n) is 12.2. The van der Waals surface area contributed by atoms with Crippen LogP contribution in [0.4, 0.5) is 15.3 Å². The molecule has 1 fully saturated rings. The highest BCUT2D eigenvalue weighted by atomic mass is 32.3. The molecule has 0 spiro atoms. The number of hydrogen-bond acceptors (Lipinski definition) is 8. The van der Waals surface area contributed by atoms with Crippen molar-refractivity contribution in [3.8, 4) is 17.6 Å². The summed E-state index contributed by atoms with van der Waals surface area (Å²) in [5.74, 6) is 5.67. The van der Waals surface area contributed by atoms with Crippen LogP contribution in [0, 0.1) is 24.2 Å². The quantitative estimate of drug-likeness (QED) is 0.323. The van der Waals surface area contributed by atoms with Crippen molar-refractivity contribution in [1.82, 2.24) is 5.32 Å². The smallest absolute Gasteiger partial charge is 0.411 e. The molecule has 1 heterocycles. The number of aryl methyl sites for hydroxylation is 1. The van der Waals surface area contributed by atoms with Gasteiger partial charge < -0.3 is 9.47 Å². The molecule has 0 aromatic heterocycles. The zero-order chi connectivity index (χ0) is 28.8. The van der Waals surface area contributed by atoms with Crippen molar-refractivity contribution in [3.63, 3.8) is 0 Å². The van der Waals surface area contributed by atoms with Gasteiger partial charge in [0.2, 0.25) is 13.9 Å². The summed E-state index contributed by atoms with van der Waals surface area (Å²) in [6, 6.07) is 11.0. The average Bonchev–Trinajstić information content (AvgIpc) is 3.18. The molecule has 3 amide bonds. The fourth-order valence-corrected chi connectivity index (χ4v) is 7.04. The number of benzene rings is 2. The maximum Gasteiger partial charge on any atom is 0.411 e. The van der Waals surface area contributed by atoms with Gasteiger partial charge in [0, 0.05) is 17.7 Å². The van der Waals surface area contributed by atoms with Crippen LogP contribution in [-0.4, -0.2) is 43.5 Å². The number of carbonyl (C=O) groups excluding carboxylic acids is 3. The molecule has 9 nitrogen and oxygen atoms in total. The second kappa shape index (κ2) is 12.1. The van der Waals surface area contributed by atoms with Gasteiger partial charge in [-0.2, -0.15) is 0 Å². The summed E-state index contributed by atoms with van der Waals surface area (Å²) in [6.07, 6.45) is -0.116. The van der Waals surface area contributed by atoms with Crippen molar-refractivity contribution in [3.05, 3.63) is 53.6 Å². The maximum atomic E-state index is 13.5. The van der Waals surface area contributed by atoms with E-state index in [1.165, 1.54) is 31.4 Å². The summed E-state index contributed by atoms with van der Waals surface area (Å²) in [5, 5.41) is 4.11. The molecule has 1 saturated heterocycles. The van der Waals surface area contributed by atoms with E-state index in [2.05, 4.69) is 22.5 Å². The second-order valence-corrected chi connectivity index (χ2v) is 13.9. The summed E-state index contributed by atoms with van der Waals surface area (Å²) in [5.41, 5.74) is 1.96. The Morgan fingerprint density at radius 1 is 1.13 bits per heavy atom. The number of methoxy groups -OCH3 is 1. The minimum atomic E-state index is -4.21. The van der Waals surface area contributed by atoms with Crippen molar-refractivity contribution in [2.75, 3.05) is 19.0 Å². The summed E-state index contributed by atoms with van der Waals surface area (Å²) in [7, 11) is -2.75. The molecule has 0 bridgehead atoms. The van der Waals surface area contributed by atoms with Crippen LogP contribution in [0.2, 0.25) is 0 Å². The van der Waals surface area contributed by atoms with Crippen molar-refractivity contribution in [1.29, 1.82) is 0 Å². The normalized spacial score (nSPS) is 17.2. The minimum absolute atomic E-state index is 0.0762. The molecule has 0 radical (unpaired) electrons. The average molecular weight is 573 g/mol. The standard InChI is InChI=1S/C28H32N2O7S2/c1-19-10-11-21(29-25(32)37-18-27(2,3)4)17-20(19)9-7-6-8-16-28(24(31)30-26(33)38-28)39(34,35)23-14-12-22(36-5)13-15-23/h10-15,17H,6,8,16,18H2,1-5H3,(H,29,32)(H,30,31,33). The number of ether oxygens (including phenoxy) is 2. The van der Waals surface area contributed by atoms with Crippen molar-refractivity contribution >= 4 is 44.5 Å². The maximum absolute atomic E-state index is 13.5. The molecule has 2 aromatic carbocycles. The number of hydrogen-bond donors (Lipinski definition) is 2. The molecule has 39 heavy (non-hydrogen) atoms. The van der Waals surface area contributed by atoms with E-state index in [1.807, 2.05) is 33.8 Å². The van der Waals surface area contributed by atoms with Crippen LogP contribution < -0.4 is 15.4 Å². The summed E-state index contributed by atoms with van der Waals surface area (Å²) in [6.45, 7) is 8.05. The molecule has 208 valence electrons. The Morgan fingerprint density at radius 3 is 2.41 bits per heavy atom. The zero-order valence-electron chi connectivity index (χ0n) is 22.5. The van der Waals surface area contributed by atoms with Crippen LogP contribution in [0.25, 0.3) is 0 Å². The van der Waals surface area contributed by atoms with E-state index in [4.69, 9.17) is 9.47 Å². The van der Waals surface area contributed by atoms with E-state index in [1.54, 1.807) is 12.1 Å². The monoisotopic (exact) mass is 572 g/mol. The number of imide groups is 1. The fraction of sp³-hybridized carbons (Fsp3) is 0.393. The van der Waals surface area contributed by atoms with Crippen LogP contribution in [0.3, 0.4) is 0 Å².